The summed E-state index contributed by atoms with van der Waals surface area (Å²) in [5.74, 6) is 0.195. The smallest absolute Gasteiger partial charge is 0.303 e. The number of nitrogens with zero attached hydrogens (tertiary/aromatic N) is 1. The van der Waals surface area contributed by atoms with Crippen LogP contribution in [-0.2, 0) is 9.59 Å². The van der Waals surface area contributed by atoms with Gasteiger partial charge in [0.1, 0.15) is 4.32 Å². The molecule has 6 nitrogen and oxygen atoms in total. The van der Waals surface area contributed by atoms with Crippen molar-refractivity contribution in [3.63, 3.8) is 0 Å². The Kier molecular flexibility index (Phi) is 7.67. The molecule has 1 N–H and O–H groups in total. The van der Waals surface area contributed by atoms with E-state index in [1.807, 2.05) is 39.0 Å². The van der Waals surface area contributed by atoms with Gasteiger partial charge >= 0.3 is 5.97 Å². The van der Waals surface area contributed by atoms with Crippen LogP contribution in [0.3, 0.4) is 0 Å². The number of rotatable bonds is 9. The molecule has 0 atom stereocenters. The van der Waals surface area contributed by atoms with E-state index in [4.69, 9.17) is 26.8 Å². The lowest BCUT2D eigenvalue weighted by Gasteiger charge is -2.15. The molecule has 27 heavy (non-hydrogen) atoms. The molecular weight excluding hydrogens is 386 g/mol. The molecule has 1 fully saturated rings. The van der Waals surface area contributed by atoms with E-state index in [1.54, 1.807) is 6.08 Å². The summed E-state index contributed by atoms with van der Waals surface area (Å²) in [6, 6.07) is 5.51. The first-order valence-electron chi connectivity index (χ1n) is 8.72. The van der Waals surface area contributed by atoms with Crippen LogP contribution in [0.4, 0.5) is 0 Å². The third-order valence-corrected chi connectivity index (χ3v) is 4.95. The van der Waals surface area contributed by atoms with Crippen LogP contribution in [-0.4, -0.2) is 45.5 Å². The van der Waals surface area contributed by atoms with Gasteiger partial charge in [0.25, 0.3) is 5.91 Å². The van der Waals surface area contributed by atoms with Gasteiger partial charge in [0.15, 0.2) is 11.5 Å². The van der Waals surface area contributed by atoms with Gasteiger partial charge < -0.3 is 14.6 Å². The molecular formula is C19H23NO5S2. The molecule has 1 aliphatic rings. The van der Waals surface area contributed by atoms with Crippen molar-refractivity contribution in [1.82, 2.24) is 4.90 Å². The molecule has 1 aromatic carbocycles. The monoisotopic (exact) mass is 409 g/mol. The quantitative estimate of drug-likeness (QED) is 0.489. The zero-order chi connectivity index (χ0) is 20.0. The molecule has 0 radical (unpaired) electrons. The third kappa shape index (κ3) is 5.97. The molecule has 2 rings (SSSR count). The van der Waals surface area contributed by atoms with Crippen molar-refractivity contribution in [2.24, 2.45) is 0 Å². The Morgan fingerprint density at radius 3 is 2.74 bits per heavy atom. The predicted molar refractivity (Wildman–Crippen MR) is 110 cm³/mol. The summed E-state index contributed by atoms with van der Waals surface area (Å²) in [5.41, 5.74) is 0.806. The summed E-state index contributed by atoms with van der Waals surface area (Å²) in [6.07, 6.45) is 2.16. The normalized spacial score (nSPS) is 15.7. The van der Waals surface area contributed by atoms with Crippen molar-refractivity contribution in [2.45, 2.75) is 39.7 Å². The van der Waals surface area contributed by atoms with Crippen LogP contribution in [0.15, 0.2) is 23.1 Å². The number of carboxylic acids is 1. The Bertz CT molecular complexity index is 760. The maximum Gasteiger partial charge on any atom is 0.303 e. The number of amides is 1. The maximum atomic E-state index is 12.6. The van der Waals surface area contributed by atoms with E-state index in [0.717, 1.165) is 5.56 Å². The van der Waals surface area contributed by atoms with E-state index in [1.165, 1.54) is 16.7 Å². The third-order valence-electron chi connectivity index (χ3n) is 3.57. The van der Waals surface area contributed by atoms with E-state index in [9.17, 15) is 9.59 Å². The number of thiocarbonyl (C=S) groups is 1. The summed E-state index contributed by atoms with van der Waals surface area (Å²) < 4.78 is 11.8. The molecule has 0 unspecified atom stereocenters. The molecule has 0 bridgehead atoms. The predicted octanol–water partition coefficient (Wildman–Crippen LogP) is 3.94. The zero-order valence-electron chi connectivity index (χ0n) is 15.6. The van der Waals surface area contributed by atoms with Crippen LogP contribution >= 0.6 is 24.0 Å². The molecule has 1 aromatic rings. The average molecular weight is 410 g/mol. The van der Waals surface area contributed by atoms with Gasteiger partial charge in [-0.15, -0.1) is 0 Å². The van der Waals surface area contributed by atoms with Gasteiger partial charge in [0, 0.05) is 13.0 Å². The number of hydrogen-bond donors (Lipinski definition) is 1. The summed E-state index contributed by atoms with van der Waals surface area (Å²) >= 11 is 6.48. The van der Waals surface area contributed by atoms with Crippen LogP contribution in [0.2, 0.25) is 0 Å². The summed E-state index contributed by atoms with van der Waals surface area (Å²) in [6.45, 7) is 6.59. The number of carboxylic acid groups (broad SMARTS) is 1. The molecule has 0 spiro atoms. The molecule has 0 aromatic heterocycles. The zero-order valence-corrected chi connectivity index (χ0v) is 17.2. The van der Waals surface area contributed by atoms with E-state index in [0.29, 0.717) is 40.3 Å². The van der Waals surface area contributed by atoms with Crippen LogP contribution in [0, 0.1) is 0 Å². The Morgan fingerprint density at radius 2 is 2.11 bits per heavy atom. The van der Waals surface area contributed by atoms with Gasteiger partial charge in [0.05, 0.1) is 17.6 Å². The topological polar surface area (TPSA) is 76.1 Å². The Hall–Kier alpha value is -2.06. The highest BCUT2D eigenvalue weighted by Crippen LogP contribution is 2.35. The van der Waals surface area contributed by atoms with Crippen molar-refractivity contribution < 1.29 is 24.2 Å². The average Bonchev–Trinajstić information content (AvgIpc) is 2.84. The van der Waals surface area contributed by atoms with E-state index >= 15 is 0 Å². The lowest BCUT2D eigenvalue weighted by molar-refractivity contribution is -0.137. The molecule has 1 amide bonds. The number of benzene rings is 1. The van der Waals surface area contributed by atoms with E-state index in [2.05, 4.69) is 0 Å². The molecule has 0 aliphatic carbocycles. The van der Waals surface area contributed by atoms with E-state index < -0.39 is 5.97 Å². The Balaban J connectivity index is 2.17. The fraction of sp³-hybridized carbons (Fsp3) is 0.421. The number of hydrogen-bond acceptors (Lipinski definition) is 6. The SMILES string of the molecule is CCOc1cc(/C=C2\SC(=S)N(CCCC(=O)O)C2=O)ccc1OC(C)C. The van der Waals surface area contributed by atoms with Gasteiger partial charge in [-0.05, 0) is 51.0 Å². The van der Waals surface area contributed by atoms with Crippen LogP contribution in [0.1, 0.15) is 39.2 Å². The Labute approximate surface area is 168 Å². The molecule has 1 heterocycles. The number of ether oxygens (including phenoxy) is 2. The molecule has 1 saturated heterocycles. The standard InChI is InChI=1S/C19H23NO5S2/c1-4-24-15-10-13(7-8-14(15)25-12(2)3)11-16-18(23)20(19(26)27-16)9-5-6-17(21)22/h7-8,10-12H,4-6,9H2,1-3H3,(H,21,22)/b16-11-. The molecule has 1 aliphatic heterocycles. The lowest BCUT2D eigenvalue weighted by atomic mass is 10.1. The number of carbonyl (C=O) groups is 2. The number of thioether (sulfide) groups is 1. The van der Waals surface area contributed by atoms with Crippen LogP contribution in [0.5, 0.6) is 11.5 Å². The van der Waals surface area contributed by atoms with Gasteiger partial charge in [-0.2, -0.15) is 0 Å². The fourth-order valence-corrected chi connectivity index (χ4v) is 3.78. The Morgan fingerprint density at radius 1 is 1.37 bits per heavy atom. The van der Waals surface area contributed by atoms with Crippen molar-refractivity contribution in [1.29, 1.82) is 0 Å². The van der Waals surface area contributed by atoms with E-state index in [-0.39, 0.29) is 18.4 Å². The first kappa shape index (κ1) is 21.2. The van der Waals surface area contributed by atoms with Gasteiger partial charge in [-0.1, -0.05) is 30.0 Å². The number of aliphatic carboxylic acids is 1. The van der Waals surface area contributed by atoms with Crippen molar-refractivity contribution >= 4 is 46.3 Å². The second-order valence-electron chi connectivity index (χ2n) is 6.14. The highest BCUT2D eigenvalue weighted by molar-refractivity contribution is 8.26. The highest BCUT2D eigenvalue weighted by Gasteiger charge is 2.31. The highest BCUT2D eigenvalue weighted by atomic mass is 32.2. The molecule has 146 valence electrons. The van der Waals surface area contributed by atoms with Crippen molar-refractivity contribution in [3.05, 3.63) is 28.7 Å². The maximum absolute atomic E-state index is 12.6. The minimum Gasteiger partial charge on any atom is -0.490 e. The summed E-state index contributed by atoms with van der Waals surface area (Å²) in [5, 5.41) is 8.74. The second-order valence-corrected chi connectivity index (χ2v) is 7.81. The molecule has 8 heteroatoms. The first-order valence-corrected chi connectivity index (χ1v) is 9.95. The summed E-state index contributed by atoms with van der Waals surface area (Å²) in [7, 11) is 0. The minimum absolute atomic E-state index is 0.00510. The number of carbonyl (C=O) groups excluding carboxylic acids is 1. The second kappa shape index (κ2) is 9.75. The van der Waals surface area contributed by atoms with Crippen LogP contribution in [0.25, 0.3) is 6.08 Å². The molecule has 0 saturated carbocycles. The van der Waals surface area contributed by atoms with Crippen molar-refractivity contribution in [3.8, 4) is 11.5 Å². The minimum atomic E-state index is -0.886. The van der Waals surface area contributed by atoms with Gasteiger partial charge in [0.2, 0.25) is 0 Å². The van der Waals surface area contributed by atoms with Gasteiger partial charge in [-0.3, -0.25) is 14.5 Å². The first-order chi connectivity index (χ1) is 12.8. The fourth-order valence-electron chi connectivity index (χ4n) is 2.47. The van der Waals surface area contributed by atoms with Crippen molar-refractivity contribution in [2.75, 3.05) is 13.2 Å². The summed E-state index contributed by atoms with van der Waals surface area (Å²) in [4.78, 5) is 25.2. The largest absolute Gasteiger partial charge is 0.490 e. The lowest BCUT2D eigenvalue weighted by Crippen LogP contribution is -2.29. The van der Waals surface area contributed by atoms with Crippen LogP contribution < -0.4 is 9.47 Å². The van der Waals surface area contributed by atoms with Gasteiger partial charge in [-0.25, -0.2) is 0 Å².